The van der Waals surface area contributed by atoms with Crippen molar-refractivity contribution in [1.29, 1.82) is 0 Å². The molecule has 4 saturated heterocycles. The van der Waals surface area contributed by atoms with E-state index in [1.165, 1.54) is 18.4 Å². The normalized spacial score (nSPS) is 25.9. The predicted molar refractivity (Wildman–Crippen MR) is 178 cm³/mol. The zero-order valence-electron chi connectivity index (χ0n) is 26.7. The Balaban J connectivity index is 1.07. The summed E-state index contributed by atoms with van der Waals surface area (Å²) in [5.74, 6) is 3.60. The second-order valence-electron chi connectivity index (χ2n) is 13.3. The van der Waals surface area contributed by atoms with Crippen LogP contribution in [0.15, 0.2) is 66.9 Å². The Morgan fingerprint density at radius 1 is 1.02 bits per heavy atom. The second-order valence-corrected chi connectivity index (χ2v) is 13.3. The number of ether oxygens (including phenoxy) is 2. The van der Waals surface area contributed by atoms with Gasteiger partial charge in [-0.2, -0.15) is 0 Å². The molecule has 0 N–H and O–H groups in total. The third-order valence-electron chi connectivity index (χ3n) is 11.0. The maximum atomic E-state index is 13.8. The molecule has 5 aliphatic heterocycles. The minimum Gasteiger partial charge on any atom is -0.497 e. The lowest BCUT2D eigenvalue weighted by Gasteiger charge is -2.51. The summed E-state index contributed by atoms with van der Waals surface area (Å²) in [6.45, 7) is 6.03. The molecule has 0 spiro atoms. The van der Waals surface area contributed by atoms with E-state index in [4.69, 9.17) is 9.47 Å². The number of rotatable bonds is 8. The van der Waals surface area contributed by atoms with Gasteiger partial charge >= 0.3 is 0 Å². The number of hydrogen-bond donors (Lipinski definition) is 0. The van der Waals surface area contributed by atoms with Gasteiger partial charge in [-0.15, -0.1) is 10.2 Å². The average Bonchev–Trinajstić information content (AvgIpc) is 3.78. The van der Waals surface area contributed by atoms with E-state index in [0.717, 1.165) is 91.5 Å². The summed E-state index contributed by atoms with van der Waals surface area (Å²) >= 11 is 0. The first-order valence-electron chi connectivity index (χ1n) is 16.9. The molecule has 9 nitrogen and oxygen atoms in total. The van der Waals surface area contributed by atoms with Gasteiger partial charge in [0, 0.05) is 48.5 Å². The highest BCUT2D eigenvalue weighted by Crippen LogP contribution is 2.44. The van der Waals surface area contributed by atoms with Crippen LogP contribution in [0, 0.1) is 11.8 Å². The molecule has 0 aliphatic carbocycles. The molecule has 5 aliphatic rings. The molecule has 0 radical (unpaired) electrons. The Morgan fingerprint density at radius 2 is 1.93 bits per heavy atom. The van der Waals surface area contributed by atoms with Crippen LogP contribution in [0.2, 0.25) is 0 Å². The van der Waals surface area contributed by atoms with Crippen LogP contribution in [0.25, 0.3) is 10.9 Å². The Bertz CT molecular complexity index is 1730. The van der Waals surface area contributed by atoms with Crippen molar-refractivity contribution >= 4 is 28.3 Å². The van der Waals surface area contributed by atoms with Gasteiger partial charge in [-0.3, -0.25) is 14.7 Å². The van der Waals surface area contributed by atoms with Crippen LogP contribution in [-0.4, -0.2) is 71.4 Å². The molecule has 6 atom stereocenters. The number of nitrogens with zero attached hydrogens (tertiary/aromatic N) is 6. The van der Waals surface area contributed by atoms with Gasteiger partial charge in [-0.25, -0.2) is 0 Å². The summed E-state index contributed by atoms with van der Waals surface area (Å²) < 4.78 is 12.5. The second kappa shape index (κ2) is 12.2. The molecule has 9 rings (SSSR count). The van der Waals surface area contributed by atoms with Gasteiger partial charge in [-0.05, 0) is 92.4 Å². The molecule has 2 bridgehead atoms. The molecule has 4 aromatic rings. The number of aromatic nitrogens is 3. The number of carbonyl (C=O) groups excluding carboxylic acids is 1. The summed E-state index contributed by atoms with van der Waals surface area (Å²) in [4.78, 5) is 25.2. The maximum absolute atomic E-state index is 13.8. The lowest BCUT2D eigenvalue weighted by Crippen LogP contribution is -2.56. The van der Waals surface area contributed by atoms with E-state index >= 15 is 0 Å². The summed E-state index contributed by atoms with van der Waals surface area (Å²) in [5, 5.41) is 10.3. The third kappa shape index (κ3) is 5.14. The Hall–Kier alpha value is -4.24. The van der Waals surface area contributed by atoms with Crippen LogP contribution in [0.5, 0.6) is 11.6 Å². The van der Waals surface area contributed by atoms with Crippen molar-refractivity contribution in [2.24, 2.45) is 11.8 Å². The molecule has 4 fully saturated rings. The van der Waals surface area contributed by atoms with Crippen molar-refractivity contribution in [3.8, 4) is 11.6 Å². The maximum Gasteiger partial charge on any atom is 0.249 e. The molecular weight excluding hydrogens is 576 g/mol. The number of para-hydroxylation sites is 1. The van der Waals surface area contributed by atoms with E-state index in [2.05, 4.69) is 56.2 Å². The van der Waals surface area contributed by atoms with Crippen molar-refractivity contribution in [2.75, 3.05) is 43.1 Å². The smallest absolute Gasteiger partial charge is 0.249 e. The quantitative estimate of drug-likeness (QED) is 0.244. The molecule has 2 unspecified atom stereocenters. The van der Waals surface area contributed by atoms with Gasteiger partial charge in [0.2, 0.25) is 11.8 Å². The van der Waals surface area contributed by atoms with Gasteiger partial charge in [0.15, 0.2) is 5.82 Å². The van der Waals surface area contributed by atoms with Crippen LogP contribution < -0.4 is 19.3 Å². The van der Waals surface area contributed by atoms with Crippen molar-refractivity contribution in [2.45, 2.75) is 63.6 Å². The van der Waals surface area contributed by atoms with Crippen LogP contribution in [0.3, 0.4) is 0 Å². The number of hydrogen-bond acceptors (Lipinski definition) is 8. The highest BCUT2D eigenvalue weighted by Gasteiger charge is 2.44. The highest BCUT2D eigenvalue weighted by atomic mass is 16.5. The standard InChI is InChI=1S/C37H42N6O3/c1-3-24-23-41-19-15-26(24)21-33(41)36(28-14-17-38-30-11-10-27(45-2)22-29(28)30)46-35-13-12-34(39-40-35)42-18-6-9-32(42)37(44)43-20-16-25-7-4-5-8-31(25)43/h4-5,7-8,10-14,17,22,24,26,32-33,36H,3,6,9,15-16,18-21,23H2,1-2H3/t24-,26?,32+,33+,36-/m0/s1. The topological polar surface area (TPSA) is 83.9 Å². The van der Waals surface area contributed by atoms with E-state index in [-0.39, 0.29) is 24.1 Å². The van der Waals surface area contributed by atoms with Gasteiger partial charge < -0.3 is 19.3 Å². The molecule has 0 saturated carbocycles. The first-order valence-corrected chi connectivity index (χ1v) is 16.9. The number of piperidine rings is 3. The van der Waals surface area contributed by atoms with Crippen molar-refractivity contribution in [3.05, 3.63) is 78.0 Å². The number of anilines is 2. The lowest BCUT2D eigenvalue weighted by molar-refractivity contribution is -0.119. The zero-order valence-corrected chi connectivity index (χ0v) is 26.7. The number of fused-ring (bicyclic) bond motifs is 5. The Morgan fingerprint density at radius 3 is 2.74 bits per heavy atom. The molecule has 2 aromatic heterocycles. The summed E-state index contributed by atoms with van der Waals surface area (Å²) in [5.41, 5.74) is 4.29. The third-order valence-corrected chi connectivity index (χ3v) is 11.0. The fourth-order valence-electron chi connectivity index (χ4n) is 8.53. The van der Waals surface area contributed by atoms with E-state index in [1.54, 1.807) is 7.11 Å². The first-order chi connectivity index (χ1) is 22.6. The fourth-order valence-corrected chi connectivity index (χ4v) is 8.53. The van der Waals surface area contributed by atoms with Gasteiger partial charge in [0.1, 0.15) is 17.9 Å². The molecule has 238 valence electrons. The van der Waals surface area contributed by atoms with Crippen molar-refractivity contribution in [3.63, 3.8) is 0 Å². The van der Waals surface area contributed by atoms with E-state index in [0.29, 0.717) is 11.8 Å². The minimum atomic E-state index is -0.241. The molecule has 7 heterocycles. The molecular formula is C37H42N6O3. The van der Waals surface area contributed by atoms with Crippen LogP contribution >= 0.6 is 0 Å². The van der Waals surface area contributed by atoms with Gasteiger partial charge in [0.25, 0.3) is 0 Å². The van der Waals surface area contributed by atoms with Crippen molar-refractivity contribution in [1.82, 2.24) is 20.1 Å². The predicted octanol–water partition coefficient (Wildman–Crippen LogP) is 5.83. The molecule has 9 heteroatoms. The van der Waals surface area contributed by atoms with E-state index in [1.807, 2.05) is 47.5 Å². The fraction of sp³-hybridized carbons (Fsp3) is 0.459. The number of carbonyl (C=O) groups is 1. The van der Waals surface area contributed by atoms with Gasteiger partial charge in [0.05, 0.1) is 18.7 Å². The lowest BCUT2D eigenvalue weighted by atomic mass is 9.72. The van der Waals surface area contributed by atoms with Crippen molar-refractivity contribution < 1.29 is 14.3 Å². The number of methoxy groups -OCH3 is 1. The zero-order chi connectivity index (χ0) is 31.2. The largest absolute Gasteiger partial charge is 0.497 e. The Labute approximate surface area is 270 Å². The van der Waals surface area contributed by atoms with E-state index in [9.17, 15) is 4.79 Å². The highest BCUT2D eigenvalue weighted by molar-refractivity contribution is 6.00. The number of benzene rings is 2. The summed E-state index contributed by atoms with van der Waals surface area (Å²) in [6, 6.07) is 20.2. The average molecular weight is 619 g/mol. The SMILES string of the molecule is CC[C@H]1CN2CCC1C[C@@H]2[C@@H](Oc1ccc(N2CCC[C@@H]2C(=O)N2CCc3ccccc32)nn1)c1ccnc2ccc(OC)cc12. The Kier molecular flexibility index (Phi) is 7.72. The molecule has 2 aromatic carbocycles. The monoisotopic (exact) mass is 618 g/mol. The molecule has 1 amide bonds. The summed E-state index contributed by atoms with van der Waals surface area (Å²) in [7, 11) is 1.70. The van der Waals surface area contributed by atoms with Crippen LogP contribution in [0.1, 0.15) is 56.3 Å². The van der Waals surface area contributed by atoms with Gasteiger partial charge in [-0.1, -0.05) is 31.5 Å². The van der Waals surface area contributed by atoms with Crippen LogP contribution in [-0.2, 0) is 11.2 Å². The number of amides is 1. The van der Waals surface area contributed by atoms with Crippen LogP contribution in [0.4, 0.5) is 11.5 Å². The minimum absolute atomic E-state index is 0.149. The summed E-state index contributed by atoms with van der Waals surface area (Å²) in [6.07, 6.45) is 7.86. The molecule has 46 heavy (non-hydrogen) atoms. The first kappa shape index (κ1) is 29.2. The van der Waals surface area contributed by atoms with E-state index < -0.39 is 0 Å². The number of pyridine rings is 1.